The third kappa shape index (κ3) is 3.39. The molecule has 0 amide bonds. The molecule has 0 aliphatic carbocycles. The van der Waals surface area contributed by atoms with Gasteiger partial charge in [-0.1, -0.05) is 27.5 Å². The summed E-state index contributed by atoms with van der Waals surface area (Å²) in [7, 11) is 1.31. The van der Waals surface area contributed by atoms with Crippen LogP contribution in [0.2, 0.25) is 5.02 Å². The summed E-state index contributed by atoms with van der Waals surface area (Å²) in [5, 5.41) is 0.453. The fraction of sp³-hybridized carbons (Fsp3) is 0.300. The van der Waals surface area contributed by atoms with E-state index in [1.54, 1.807) is 25.1 Å². The quantitative estimate of drug-likeness (QED) is 0.804. The molecule has 5 heteroatoms. The first-order chi connectivity index (χ1) is 7.04. The number of rotatable bonds is 3. The van der Waals surface area contributed by atoms with Crippen LogP contribution in [0, 0.1) is 0 Å². The van der Waals surface area contributed by atoms with Gasteiger partial charge in [0.05, 0.1) is 12.1 Å². The Bertz CT molecular complexity index is 368. The molecule has 0 aliphatic heterocycles. The highest BCUT2D eigenvalue weighted by Gasteiger charge is 2.16. The van der Waals surface area contributed by atoms with Gasteiger partial charge < -0.3 is 9.47 Å². The molecule has 0 aliphatic rings. The number of halogens is 2. The number of carbonyl (C=O) groups excluding carboxylic acids is 1. The molecule has 0 bridgehead atoms. The van der Waals surface area contributed by atoms with E-state index in [9.17, 15) is 4.79 Å². The first-order valence-electron chi connectivity index (χ1n) is 4.24. The standard InChI is InChI=1S/C10H10BrClO3/c1-6(10(13)14-2)15-9-5-7(11)3-4-8(9)12/h3-6H,1-2H3/t6-/m0/s1. The third-order valence-corrected chi connectivity index (χ3v) is 2.54. The fourth-order valence-corrected chi connectivity index (χ4v) is 1.47. The summed E-state index contributed by atoms with van der Waals surface area (Å²) in [6, 6.07) is 5.17. The SMILES string of the molecule is COC(=O)[C@H](C)Oc1cc(Br)ccc1Cl. The molecule has 3 nitrogen and oxygen atoms in total. The third-order valence-electron chi connectivity index (χ3n) is 1.73. The maximum atomic E-state index is 11.1. The monoisotopic (exact) mass is 292 g/mol. The summed E-state index contributed by atoms with van der Waals surface area (Å²) in [4.78, 5) is 11.1. The molecule has 0 saturated heterocycles. The van der Waals surface area contributed by atoms with Crippen molar-refractivity contribution in [2.75, 3.05) is 7.11 Å². The van der Waals surface area contributed by atoms with Gasteiger partial charge in [-0.3, -0.25) is 0 Å². The Hall–Kier alpha value is -0.740. The molecule has 1 rings (SSSR count). The summed E-state index contributed by atoms with van der Waals surface area (Å²) in [6.07, 6.45) is -0.679. The predicted octanol–water partition coefficient (Wildman–Crippen LogP) is 3.04. The van der Waals surface area contributed by atoms with Gasteiger partial charge in [0, 0.05) is 4.47 Å². The predicted molar refractivity (Wildman–Crippen MR) is 61.3 cm³/mol. The number of esters is 1. The van der Waals surface area contributed by atoms with Crippen molar-refractivity contribution in [3.05, 3.63) is 27.7 Å². The fourth-order valence-electron chi connectivity index (χ4n) is 0.972. The minimum Gasteiger partial charge on any atom is -0.477 e. The molecule has 0 N–H and O–H groups in total. The molecule has 0 saturated carbocycles. The van der Waals surface area contributed by atoms with Gasteiger partial charge in [-0.15, -0.1) is 0 Å². The lowest BCUT2D eigenvalue weighted by Gasteiger charge is -2.13. The minimum atomic E-state index is -0.679. The van der Waals surface area contributed by atoms with Crippen molar-refractivity contribution < 1.29 is 14.3 Å². The highest BCUT2D eigenvalue weighted by molar-refractivity contribution is 9.10. The van der Waals surface area contributed by atoms with Gasteiger partial charge in [-0.2, -0.15) is 0 Å². The molecule has 0 heterocycles. The van der Waals surface area contributed by atoms with Gasteiger partial charge in [-0.25, -0.2) is 4.79 Å². The maximum Gasteiger partial charge on any atom is 0.346 e. The largest absolute Gasteiger partial charge is 0.477 e. The molecule has 15 heavy (non-hydrogen) atoms. The molecule has 0 fully saturated rings. The van der Waals surface area contributed by atoms with Gasteiger partial charge in [-0.05, 0) is 25.1 Å². The lowest BCUT2D eigenvalue weighted by Crippen LogP contribution is -2.25. The second kappa shape index (κ2) is 5.37. The van der Waals surface area contributed by atoms with Crippen LogP contribution in [-0.4, -0.2) is 19.2 Å². The van der Waals surface area contributed by atoms with Crippen molar-refractivity contribution in [1.29, 1.82) is 0 Å². The Morgan fingerprint density at radius 3 is 2.80 bits per heavy atom. The van der Waals surface area contributed by atoms with Gasteiger partial charge in [0.15, 0.2) is 6.10 Å². The van der Waals surface area contributed by atoms with Gasteiger partial charge >= 0.3 is 5.97 Å². The molecular weight excluding hydrogens is 283 g/mol. The minimum absolute atomic E-state index is 0.439. The average molecular weight is 294 g/mol. The van der Waals surface area contributed by atoms with Crippen LogP contribution in [0.25, 0.3) is 0 Å². The zero-order valence-electron chi connectivity index (χ0n) is 8.29. The van der Waals surface area contributed by atoms with Gasteiger partial charge in [0.2, 0.25) is 0 Å². The van der Waals surface area contributed by atoms with Crippen LogP contribution < -0.4 is 4.74 Å². The van der Waals surface area contributed by atoms with Crippen LogP contribution in [0.1, 0.15) is 6.92 Å². The van der Waals surface area contributed by atoms with E-state index < -0.39 is 12.1 Å². The van der Waals surface area contributed by atoms with Crippen molar-refractivity contribution >= 4 is 33.5 Å². The highest BCUT2D eigenvalue weighted by atomic mass is 79.9. The summed E-state index contributed by atoms with van der Waals surface area (Å²) >= 11 is 9.18. The Balaban J connectivity index is 2.80. The number of methoxy groups -OCH3 is 1. The van der Waals surface area contributed by atoms with Gasteiger partial charge in [0.25, 0.3) is 0 Å². The molecule has 1 aromatic rings. The maximum absolute atomic E-state index is 11.1. The Morgan fingerprint density at radius 1 is 1.53 bits per heavy atom. The summed E-state index contributed by atoms with van der Waals surface area (Å²) in [5.74, 6) is 0.00924. The molecular formula is C10H10BrClO3. The summed E-state index contributed by atoms with van der Waals surface area (Å²) in [6.45, 7) is 1.60. The first-order valence-corrected chi connectivity index (χ1v) is 5.41. The van der Waals surface area contributed by atoms with E-state index in [-0.39, 0.29) is 0 Å². The molecule has 0 spiro atoms. The van der Waals surface area contributed by atoms with E-state index in [4.69, 9.17) is 16.3 Å². The lowest BCUT2D eigenvalue weighted by molar-refractivity contribution is -0.147. The Kier molecular flexibility index (Phi) is 4.42. The van der Waals surface area contributed by atoms with Crippen molar-refractivity contribution in [1.82, 2.24) is 0 Å². The molecule has 0 unspecified atom stereocenters. The molecule has 82 valence electrons. The molecule has 1 atom stereocenters. The zero-order chi connectivity index (χ0) is 11.4. The van der Waals surface area contributed by atoms with Crippen molar-refractivity contribution in [3.8, 4) is 5.75 Å². The molecule has 1 aromatic carbocycles. The summed E-state index contributed by atoms with van der Waals surface area (Å²) < 4.78 is 10.7. The number of hydrogen-bond donors (Lipinski definition) is 0. The van der Waals surface area contributed by atoms with E-state index in [0.717, 1.165) is 4.47 Å². The van der Waals surface area contributed by atoms with Crippen LogP contribution >= 0.6 is 27.5 Å². The number of ether oxygens (including phenoxy) is 2. The van der Waals surface area contributed by atoms with E-state index in [1.807, 2.05) is 0 Å². The first kappa shape index (κ1) is 12.3. The van der Waals surface area contributed by atoms with Crippen molar-refractivity contribution in [2.24, 2.45) is 0 Å². The highest BCUT2D eigenvalue weighted by Crippen LogP contribution is 2.28. The molecule has 0 radical (unpaired) electrons. The van der Waals surface area contributed by atoms with Crippen molar-refractivity contribution in [3.63, 3.8) is 0 Å². The average Bonchev–Trinajstić information content (AvgIpc) is 2.22. The Labute approximate surface area is 101 Å². The second-order valence-electron chi connectivity index (χ2n) is 2.86. The summed E-state index contributed by atoms with van der Waals surface area (Å²) in [5.41, 5.74) is 0. The van der Waals surface area contributed by atoms with Crippen LogP contribution in [-0.2, 0) is 9.53 Å². The zero-order valence-corrected chi connectivity index (χ0v) is 10.6. The van der Waals surface area contributed by atoms with E-state index in [2.05, 4.69) is 20.7 Å². The van der Waals surface area contributed by atoms with Crippen LogP contribution in [0.5, 0.6) is 5.75 Å². The lowest BCUT2D eigenvalue weighted by atomic mass is 10.3. The van der Waals surface area contributed by atoms with E-state index >= 15 is 0 Å². The smallest absolute Gasteiger partial charge is 0.346 e. The van der Waals surface area contributed by atoms with Crippen molar-refractivity contribution in [2.45, 2.75) is 13.0 Å². The van der Waals surface area contributed by atoms with Crippen LogP contribution in [0.4, 0.5) is 0 Å². The Morgan fingerprint density at radius 2 is 2.20 bits per heavy atom. The molecule has 0 aromatic heterocycles. The topological polar surface area (TPSA) is 35.5 Å². The normalized spacial score (nSPS) is 12.0. The van der Waals surface area contributed by atoms with E-state index in [0.29, 0.717) is 10.8 Å². The van der Waals surface area contributed by atoms with Gasteiger partial charge in [0.1, 0.15) is 5.75 Å². The number of hydrogen-bond acceptors (Lipinski definition) is 3. The second-order valence-corrected chi connectivity index (χ2v) is 4.18. The number of carbonyl (C=O) groups is 1. The number of benzene rings is 1. The van der Waals surface area contributed by atoms with Crippen LogP contribution in [0.15, 0.2) is 22.7 Å². The van der Waals surface area contributed by atoms with Crippen LogP contribution in [0.3, 0.4) is 0 Å². The van der Waals surface area contributed by atoms with E-state index in [1.165, 1.54) is 7.11 Å².